The minimum Gasteiger partial charge on any atom is -0.319 e. The second-order valence-electron chi connectivity index (χ2n) is 4.12. The van der Waals surface area contributed by atoms with Crippen molar-refractivity contribution in [2.45, 2.75) is 34.1 Å². The number of nitrogens with one attached hydrogen (secondary N) is 1. The van der Waals surface area contributed by atoms with E-state index < -0.39 is 0 Å². The average Bonchev–Trinajstić information content (AvgIpc) is 1.87. The first kappa shape index (κ1) is 11.0. The third kappa shape index (κ3) is 5.25. The van der Waals surface area contributed by atoms with Gasteiger partial charge in [0.1, 0.15) is 0 Å². The van der Waals surface area contributed by atoms with Gasteiger partial charge in [-0.25, -0.2) is 0 Å². The molecule has 68 valence electrons. The van der Waals surface area contributed by atoms with Crippen LogP contribution in [-0.4, -0.2) is 13.6 Å². The van der Waals surface area contributed by atoms with Crippen molar-refractivity contribution in [3.8, 4) is 0 Å². The first-order chi connectivity index (χ1) is 5.07. The van der Waals surface area contributed by atoms with Crippen LogP contribution in [0.25, 0.3) is 0 Å². The summed E-state index contributed by atoms with van der Waals surface area (Å²) >= 11 is 0. The van der Waals surface area contributed by atoms with Crippen molar-refractivity contribution in [1.82, 2.24) is 5.32 Å². The second-order valence-corrected chi connectivity index (χ2v) is 4.12. The summed E-state index contributed by atoms with van der Waals surface area (Å²) in [5.41, 5.74) is 0. The van der Waals surface area contributed by atoms with Crippen molar-refractivity contribution in [3.63, 3.8) is 0 Å². The van der Waals surface area contributed by atoms with Gasteiger partial charge in [0.15, 0.2) is 0 Å². The summed E-state index contributed by atoms with van der Waals surface area (Å²) in [7, 11) is 2.02. The van der Waals surface area contributed by atoms with E-state index in [1.54, 1.807) is 0 Å². The van der Waals surface area contributed by atoms with Crippen molar-refractivity contribution < 1.29 is 0 Å². The van der Waals surface area contributed by atoms with E-state index in [9.17, 15) is 0 Å². The van der Waals surface area contributed by atoms with Crippen LogP contribution in [-0.2, 0) is 0 Å². The van der Waals surface area contributed by atoms with Crippen molar-refractivity contribution in [3.05, 3.63) is 0 Å². The molecular formula is C10H23N. The van der Waals surface area contributed by atoms with Gasteiger partial charge in [0, 0.05) is 0 Å². The molecule has 0 aromatic rings. The fourth-order valence-electron chi connectivity index (χ4n) is 1.34. The molecule has 0 aromatic carbocycles. The molecule has 0 aliphatic rings. The van der Waals surface area contributed by atoms with E-state index in [1.165, 1.54) is 6.42 Å². The molecule has 2 atom stereocenters. The number of hydrogen-bond acceptors (Lipinski definition) is 1. The summed E-state index contributed by atoms with van der Waals surface area (Å²) in [6.07, 6.45) is 1.35. The predicted molar refractivity (Wildman–Crippen MR) is 51.7 cm³/mol. The van der Waals surface area contributed by atoms with E-state index in [2.05, 4.69) is 33.0 Å². The second kappa shape index (κ2) is 5.59. The lowest BCUT2D eigenvalue weighted by Crippen LogP contribution is -2.19. The molecule has 1 heteroatoms. The highest BCUT2D eigenvalue weighted by atomic mass is 14.8. The Kier molecular flexibility index (Phi) is 5.57. The molecule has 1 nitrogen and oxygen atoms in total. The Hall–Kier alpha value is -0.0400. The highest BCUT2D eigenvalue weighted by Crippen LogP contribution is 2.18. The molecule has 0 aliphatic heterocycles. The van der Waals surface area contributed by atoms with Gasteiger partial charge in [-0.3, -0.25) is 0 Å². The van der Waals surface area contributed by atoms with Crippen LogP contribution < -0.4 is 5.32 Å². The molecule has 0 bridgehead atoms. The van der Waals surface area contributed by atoms with Gasteiger partial charge in [-0.15, -0.1) is 0 Å². The summed E-state index contributed by atoms with van der Waals surface area (Å²) in [6, 6.07) is 0. The van der Waals surface area contributed by atoms with Crippen molar-refractivity contribution in [1.29, 1.82) is 0 Å². The molecular weight excluding hydrogens is 134 g/mol. The molecule has 1 unspecified atom stereocenters. The predicted octanol–water partition coefficient (Wildman–Crippen LogP) is 2.52. The topological polar surface area (TPSA) is 12.0 Å². The Morgan fingerprint density at radius 2 is 1.64 bits per heavy atom. The van der Waals surface area contributed by atoms with Crippen LogP contribution in [0.5, 0.6) is 0 Å². The minimum atomic E-state index is 0.817. The molecule has 0 saturated carbocycles. The molecule has 0 saturated heterocycles. The third-order valence-corrected chi connectivity index (χ3v) is 2.46. The summed E-state index contributed by atoms with van der Waals surface area (Å²) in [4.78, 5) is 0. The van der Waals surface area contributed by atoms with E-state index in [-0.39, 0.29) is 0 Å². The zero-order valence-corrected chi connectivity index (χ0v) is 8.65. The largest absolute Gasteiger partial charge is 0.319 e. The normalized spacial score (nSPS) is 16.9. The lowest BCUT2D eigenvalue weighted by molar-refractivity contribution is 0.327. The van der Waals surface area contributed by atoms with Crippen molar-refractivity contribution >= 4 is 0 Å². The van der Waals surface area contributed by atoms with Crippen LogP contribution >= 0.6 is 0 Å². The molecule has 0 radical (unpaired) electrons. The van der Waals surface area contributed by atoms with Gasteiger partial charge in [0.2, 0.25) is 0 Å². The zero-order valence-electron chi connectivity index (χ0n) is 8.65. The molecule has 0 fully saturated rings. The van der Waals surface area contributed by atoms with Gasteiger partial charge < -0.3 is 5.32 Å². The fraction of sp³-hybridized carbons (Fsp3) is 1.00. The summed E-state index contributed by atoms with van der Waals surface area (Å²) in [6.45, 7) is 10.4. The summed E-state index contributed by atoms with van der Waals surface area (Å²) < 4.78 is 0. The van der Waals surface area contributed by atoms with Gasteiger partial charge in [0.25, 0.3) is 0 Å². The molecule has 0 heterocycles. The quantitative estimate of drug-likeness (QED) is 0.646. The molecule has 11 heavy (non-hydrogen) atoms. The van der Waals surface area contributed by atoms with Crippen LogP contribution in [0.3, 0.4) is 0 Å². The zero-order chi connectivity index (χ0) is 8.85. The van der Waals surface area contributed by atoms with E-state index in [4.69, 9.17) is 0 Å². The van der Waals surface area contributed by atoms with E-state index >= 15 is 0 Å². The van der Waals surface area contributed by atoms with Crippen LogP contribution in [0.2, 0.25) is 0 Å². The number of hydrogen-bond donors (Lipinski definition) is 1. The summed E-state index contributed by atoms with van der Waals surface area (Å²) in [5.74, 6) is 2.50. The Morgan fingerprint density at radius 3 is 2.00 bits per heavy atom. The average molecular weight is 157 g/mol. The van der Waals surface area contributed by atoms with Crippen molar-refractivity contribution in [2.75, 3.05) is 13.6 Å². The lowest BCUT2D eigenvalue weighted by Gasteiger charge is -2.19. The van der Waals surface area contributed by atoms with Gasteiger partial charge in [-0.1, -0.05) is 27.7 Å². The first-order valence-corrected chi connectivity index (χ1v) is 4.72. The highest BCUT2D eigenvalue weighted by Gasteiger charge is 2.10. The molecule has 0 aliphatic carbocycles. The molecule has 0 aromatic heterocycles. The highest BCUT2D eigenvalue weighted by molar-refractivity contribution is 4.63. The number of rotatable bonds is 5. The first-order valence-electron chi connectivity index (χ1n) is 4.72. The van der Waals surface area contributed by atoms with Gasteiger partial charge in [0.05, 0.1) is 0 Å². The molecule has 0 rings (SSSR count). The van der Waals surface area contributed by atoms with E-state index in [1.807, 2.05) is 7.05 Å². The molecule has 0 amide bonds. The maximum absolute atomic E-state index is 3.21. The standard InChI is InChI=1S/C10H23N/c1-8(2)10(4)6-9(3)7-11-5/h8-11H,6-7H2,1-5H3/t9-,10?/m1/s1. The van der Waals surface area contributed by atoms with Crippen LogP contribution in [0.1, 0.15) is 34.1 Å². The SMILES string of the molecule is CNC[C@H](C)CC(C)C(C)C. The van der Waals surface area contributed by atoms with Gasteiger partial charge in [-0.2, -0.15) is 0 Å². The Balaban J connectivity index is 3.48. The van der Waals surface area contributed by atoms with Gasteiger partial charge in [-0.05, 0) is 37.8 Å². The minimum absolute atomic E-state index is 0.817. The summed E-state index contributed by atoms with van der Waals surface area (Å²) in [5, 5.41) is 3.21. The van der Waals surface area contributed by atoms with E-state index in [0.29, 0.717) is 0 Å². The Bertz CT molecular complexity index is 88.9. The Labute approximate surface area is 71.6 Å². The van der Waals surface area contributed by atoms with Gasteiger partial charge >= 0.3 is 0 Å². The third-order valence-electron chi connectivity index (χ3n) is 2.46. The van der Waals surface area contributed by atoms with Crippen LogP contribution in [0.4, 0.5) is 0 Å². The monoisotopic (exact) mass is 157 g/mol. The smallest absolute Gasteiger partial charge is 0.00261 e. The maximum atomic E-state index is 3.21. The van der Waals surface area contributed by atoms with E-state index in [0.717, 1.165) is 24.3 Å². The van der Waals surface area contributed by atoms with Crippen molar-refractivity contribution in [2.24, 2.45) is 17.8 Å². The maximum Gasteiger partial charge on any atom is -0.00261 e. The van der Waals surface area contributed by atoms with Crippen LogP contribution in [0, 0.1) is 17.8 Å². The lowest BCUT2D eigenvalue weighted by atomic mass is 9.89. The molecule has 0 spiro atoms. The van der Waals surface area contributed by atoms with Crippen LogP contribution in [0.15, 0.2) is 0 Å². The Morgan fingerprint density at radius 1 is 1.09 bits per heavy atom. The molecule has 1 N–H and O–H groups in total. The fourth-order valence-corrected chi connectivity index (χ4v) is 1.34.